The molecular weight excluding hydrogens is 360 g/mol. The van der Waals surface area contributed by atoms with Gasteiger partial charge in [-0.05, 0) is 73.5 Å². The Kier molecular flexibility index (Phi) is 7.97. The third-order valence-corrected chi connectivity index (χ3v) is 6.37. The van der Waals surface area contributed by atoms with Crippen molar-refractivity contribution in [2.75, 3.05) is 6.61 Å². The van der Waals surface area contributed by atoms with Gasteiger partial charge in [0.25, 0.3) is 0 Å². The van der Waals surface area contributed by atoms with Crippen LogP contribution in [0, 0.1) is 17.8 Å². The van der Waals surface area contributed by atoms with Crippen LogP contribution >= 0.6 is 0 Å². The van der Waals surface area contributed by atoms with Crippen molar-refractivity contribution in [3.63, 3.8) is 0 Å². The van der Waals surface area contributed by atoms with E-state index in [1.54, 1.807) is 0 Å². The van der Waals surface area contributed by atoms with Crippen LogP contribution in [-0.4, -0.2) is 18.7 Å². The van der Waals surface area contributed by atoms with Crippen molar-refractivity contribution in [2.45, 2.75) is 71.8 Å². The number of ether oxygens (including phenoxy) is 2. The lowest BCUT2D eigenvalue weighted by Gasteiger charge is -2.36. The van der Waals surface area contributed by atoms with Gasteiger partial charge in [-0.3, -0.25) is 0 Å². The standard InChI is InChI=1S/C26H36O3/c1-19(2)23-16-15-20(3)18-24(23)29-26(27)25(22-13-7-8-14-22)28-17-9-12-21-10-5-4-6-11-21/h4-6,9-12,19-20,23-24H,7-8,13-18H2,1-3H3/b12-9-/t20-,23+,24-/m1/s1. The van der Waals surface area contributed by atoms with Crippen LogP contribution in [0.1, 0.15) is 71.3 Å². The number of rotatable bonds is 7. The van der Waals surface area contributed by atoms with Crippen molar-refractivity contribution >= 4 is 12.0 Å². The van der Waals surface area contributed by atoms with Gasteiger partial charge < -0.3 is 9.47 Å². The Balaban J connectivity index is 1.65. The van der Waals surface area contributed by atoms with E-state index in [-0.39, 0.29) is 12.1 Å². The Labute approximate surface area is 176 Å². The summed E-state index contributed by atoms with van der Waals surface area (Å²) >= 11 is 0. The van der Waals surface area contributed by atoms with Crippen molar-refractivity contribution in [3.05, 3.63) is 53.3 Å². The molecule has 29 heavy (non-hydrogen) atoms. The van der Waals surface area contributed by atoms with Gasteiger partial charge in [0.1, 0.15) is 12.7 Å². The molecule has 2 aliphatic carbocycles. The van der Waals surface area contributed by atoms with Crippen LogP contribution in [0.2, 0.25) is 0 Å². The molecule has 2 saturated carbocycles. The molecule has 0 heterocycles. The molecule has 1 aromatic rings. The van der Waals surface area contributed by atoms with Gasteiger partial charge in [-0.15, -0.1) is 0 Å². The van der Waals surface area contributed by atoms with E-state index in [1.807, 2.05) is 30.4 Å². The maximum atomic E-state index is 13.1. The summed E-state index contributed by atoms with van der Waals surface area (Å²) in [5, 5.41) is 0. The Morgan fingerprint density at radius 3 is 2.55 bits per heavy atom. The molecule has 0 aromatic heterocycles. The normalized spacial score (nSPS) is 24.8. The molecule has 2 aliphatic rings. The Bertz CT molecular complexity index is 709. The number of hydrogen-bond acceptors (Lipinski definition) is 3. The van der Waals surface area contributed by atoms with Crippen molar-refractivity contribution < 1.29 is 14.3 Å². The highest BCUT2D eigenvalue weighted by molar-refractivity contribution is 5.87. The highest BCUT2D eigenvalue weighted by Gasteiger charge is 2.35. The molecule has 3 rings (SSSR count). The molecule has 3 heteroatoms. The zero-order valence-electron chi connectivity index (χ0n) is 18.2. The van der Waals surface area contributed by atoms with Crippen LogP contribution in [0.5, 0.6) is 0 Å². The number of hydrogen-bond donors (Lipinski definition) is 0. The van der Waals surface area contributed by atoms with Crippen LogP contribution in [0.3, 0.4) is 0 Å². The van der Waals surface area contributed by atoms with Gasteiger partial charge in [0.15, 0.2) is 0 Å². The molecule has 0 aliphatic heterocycles. The predicted octanol–water partition coefficient (Wildman–Crippen LogP) is 6.55. The fourth-order valence-corrected chi connectivity index (χ4v) is 4.66. The van der Waals surface area contributed by atoms with Crippen molar-refractivity contribution in [1.29, 1.82) is 0 Å². The first kappa shape index (κ1) is 21.7. The SMILES string of the molecule is CC(C)[C@@H]1CC[C@@H](C)C[C@H]1OC(=O)C(OC/C=C\c1ccccc1)=C1CCCC1. The zero-order chi connectivity index (χ0) is 20.6. The Hall–Kier alpha value is -2.03. The Morgan fingerprint density at radius 1 is 1.14 bits per heavy atom. The summed E-state index contributed by atoms with van der Waals surface area (Å²) in [7, 11) is 0. The first-order valence-corrected chi connectivity index (χ1v) is 11.3. The molecule has 1 aromatic carbocycles. The molecule has 2 fully saturated rings. The van der Waals surface area contributed by atoms with E-state index in [4.69, 9.17) is 9.47 Å². The second-order valence-electron chi connectivity index (χ2n) is 9.03. The van der Waals surface area contributed by atoms with E-state index >= 15 is 0 Å². The number of esters is 1. The molecule has 0 amide bonds. The average Bonchev–Trinajstić information content (AvgIpc) is 3.23. The summed E-state index contributed by atoms with van der Waals surface area (Å²) in [5.41, 5.74) is 2.26. The fourth-order valence-electron chi connectivity index (χ4n) is 4.66. The molecule has 0 saturated heterocycles. The molecule has 3 atom stereocenters. The van der Waals surface area contributed by atoms with Gasteiger partial charge in [0.2, 0.25) is 5.76 Å². The molecule has 0 radical (unpaired) electrons. The Morgan fingerprint density at radius 2 is 1.86 bits per heavy atom. The fraction of sp³-hybridized carbons (Fsp3) is 0.577. The summed E-state index contributed by atoms with van der Waals surface area (Å²) in [6, 6.07) is 10.1. The first-order valence-electron chi connectivity index (χ1n) is 11.3. The minimum Gasteiger partial charge on any atom is -0.482 e. The molecular formula is C26H36O3. The molecule has 0 unspecified atom stereocenters. The lowest BCUT2D eigenvalue weighted by Crippen LogP contribution is -2.36. The molecule has 158 valence electrons. The number of allylic oxidation sites excluding steroid dienone is 1. The summed E-state index contributed by atoms with van der Waals surface area (Å²) in [4.78, 5) is 13.1. The summed E-state index contributed by atoms with van der Waals surface area (Å²) in [5.74, 6) is 1.81. The van der Waals surface area contributed by atoms with Crippen LogP contribution in [0.4, 0.5) is 0 Å². The maximum Gasteiger partial charge on any atom is 0.373 e. The minimum absolute atomic E-state index is 0.00622. The second-order valence-corrected chi connectivity index (χ2v) is 9.03. The lowest BCUT2D eigenvalue weighted by atomic mass is 9.75. The van der Waals surface area contributed by atoms with Crippen LogP contribution < -0.4 is 0 Å². The van der Waals surface area contributed by atoms with E-state index in [0.29, 0.717) is 30.1 Å². The number of benzene rings is 1. The highest BCUT2D eigenvalue weighted by Crippen LogP contribution is 2.36. The van der Waals surface area contributed by atoms with Gasteiger partial charge in [-0.25, -0.2) is 4.79 Å². The third kappa shape index (κ3) is 6.22. The molecule has 0 N–H and O–H groups in total. The predicted molar refractivity (Wildman–Crippen MR) is 118 cm³/mol. The minimum atomic E-state index is -0.250. The van der Waals surface area contributed by atoms with Gasteiger partial charge in [-0.1, -0.05) is 63.6 Å². The number of carbonyl (C=O) groups is 1. The largest absolute Gasteiger partial charge is 0.482 e. The van der Waals surface area contributed by atoms with Gasteiger partial charge in [0, 0.05) is 0 Å². The zero-order valence-corrected chi connectivity index (χ0v) is 18.2. The van der Waals surface area contributed by atoms with E-state index < -0.39 is 0 Å². The first-order chi connectivity index (χ1) is 14.0. The van der Waals surface area contributed by atoms with Crippen LogP contribution in [0.25, 0.3) is 6.08 Å². The smallest absolute Gasteiger partial charge is 0.373 e. The van der Waals surface area contributed by atoms with Crippen LogP contribution in [0.15, 0.2) is 47.7 Å². The summed E-state index contributed by atoms with van der Waals surface area (Å²) in [6.07, 6.45) is 11.5. The van der Waals surface area contributed by atoms with Gasteiger partial charge in [-0.2, -0.15) is 0 Å². The van der Waals surface area contributed by atoms with E-state index in [0.717, 1.165) is 49.7 Å². The van der Waals surface area contributed by atoms with Gasteiger partial charge in [0.05, 0.1) is 0 Å². The third-order valence-electron chi connectivity index (χ3n) is 6.37. The topological polar surface area (TPSA) is 35.5 Å². The summed E-state index contributed by atoms with van der Waals surface area (Å²) < 4.78 is 12.1. The quantitative estimate of drug-likeness (QED) is 0.298. The number of carbonyl (C=O) groups excluding carboxylic acids is 1. The van der Waals surface area contributed by atoms with E-state index in [2.05, 4.69) is 32.9 Å². The average molecular weight is 397 g/mol. The van der Waals surface area contributed by atoms with Crippen molar-refractivity contribution in [3.8, 4) is 0 Å². The van der Waals surface area contributed by atoms with E-state index in [1.165, 1.54) is 6.42 Å². The second kappa shape index (κ2) is 10.7. The monoisotopic (exact) mass is 396 g/mol. The van der Waals surface area contributed by atoms with Crippen molar-refractivity contribution in [1.82, 2.24) is 0 Å². The lowest BCUT2D eigenvalue weighted by molar-refractivity contribution is -0.155. The highest BCUT2D eigenvalue weighted by atomic mass is 16.6. The van der Waals surface area contributed by atoms with E-state index in [9.17, 15) is 4.79 Å². The summed E-state index contributed by atoms with van der Waals surface area (Å²) in [6.45, 7) is 7.13. The maximum absolute atomic E-state index is 13.1. The van der Waals surface area contributed by atoms with Crippen molar-refractivity contribution in [2.24, 2.45) is 17.8 Å². The molecule has 0 spiro atoms. The van der Waals surface area contributed by atoms with Gasteiger partial charge >= 0.3 is 5.97 Å². The molecule has 0 bridgehead atoms. The molecule has 3 nitrogen and oxygen atoms in total. The van der Waals surface area contributed by atoms with Crippen LogP contribution in [-0.2, 0) is 14.3 Å².